The van der Waals surface area contributed by atoms with Gasteiger partial charge in [-0.05, 0) is 13.3 Å². The summed E-state index contributed by atoms with van der Waals surface area (Å²) in [6, 6.07) is 0. The summed E-state index contributed by atoms with van der Waals surface area (Å²) in [6.07, 6.45) is 4.89. The molecule has 1 fully saturated rings. The maximum Gasteiger partial charge on any atom is 0.334 e. The van der Waals surface area contributed by atoms with Gasteiger partial charge < -0.3 is 9.47 Å². The van der Waals surface area contributed by atoms with Crippen molar-refractivity contribution < 1.29 is 14.3 Å². The monoisotopic (exact) mass is 182 g/mol. The SMILES string of the molecule is C=CC1CCC(=CC(=O)OCC)O1. The molecule has 0 aromatic rings. The Labute approximate surface area is 78.0 Å². The highest BCUT2D eigenvalue weighted by Crippen LogP contribution is 2.23. The van der Waals surface area contributed by atoms with Crippen molar-refractivity contribution in [1.29, 1.82) is 0 Å². The molecule has 1 atom stereocenters. The highest BCUT2D eigenvalue weighted by molar-refractivity contribution is 5.82. The lowest BCUT2D eigenvalue weighted by atomic mass is 10.2. The first-order valence-corrected chi connectivity index (χ1v) is 4.42. The number of esters is 1. The van der Waals surface area contributed by atoms with Crippen LogP contribution in [0.4, 0.5) is 0 Å². The number of carbonyl (C=O) groups excluding carboxylic acids is 1. The van der Waals surface area contributed by atoms with E-state index >= 15 is 0 Å². The molecule has 1 aliphatic rings. The Balaban J connectivity index is 2.44. The number of rotatable bonds is 3. The van der Waals surface area contributed by atoms with Gasteiger partial charge in [0.05, 0.1) is 12.7 Å². The van der Waals surface area contributed by atoms with Gasteiger partial charge in [-0.1, -0.05) is 12.7 Å². The number of hydrogen-bond acceptors (Lipinski definition) is 3. The third-order valence-electron chi connectivity index (χ3n) is 1.81. The van der Waals surface area contributed by atoms with Crippen LogP contribution < -0.4 is 0 Å². The molecule has 72 valence electrons. The standard InChI is InChI=1S/C10H14O3/c1-3-8-5-6-9(13-8)7-10(11)12-4-2/h3,7-8H,1,4-6H2,2H3. The van der Waals surface area contributed by atoms with Gasteiger partial charge in [0.25, 0.3) is 0 Å². The molecule has 0 radical (unpaired) electrons. The Hall–Kier alpha value is -1.25. The number of carbonyl (C=O) groups is 1. The van der Waals surface area contributed by atoms with Crippen molar-refractivity contribution in [3.63, 3.8) is 0 Å². The topological polar surface area (TPSA) is 35.5 Å². The fraction of sp³-hybridized carbons (Fsp3) is 0.500. The van der Waals surface area contributed by atoms with Crippen LogP contribution in [0.1, 0.15) is 19.8 Å². The van der Waals surface area contributed by atoms with Crippen molar-refractivity contribution in [3.05, 3.63) is 24.5 Å². The van der Waals surface area contributed by atoms with E-state index in [1.165, 1.54) is 6.08 Å². The summed E-state index contributed by atoms with van der Waals surface area (Å²) in [4.78, 5) is 11.0. The van der Waals surface area contributed by atoms with Gasteiger partial charge in [-0.2, -0.15) is 0 Å². The first-order valence-electron chi connectivity index (χ1n) is 4.42. The van der Waals surface area contributed by atoms with Crippen LogP contribution in [0.15, 0.2) is 24.5 Å². The minimum absolute atomic E-state index is 0.0562. The molecule has 0 N–H and O–H groups in total. The van der Waals surface area contributed by atoms with Gasteiger partial charge in [0.15, 0.2) is 0 Å². The van der Waals surface area contributed by atoms with Crippen LogP contribution in [0.3, 0.4) is 0 Å². The number of allylic oxidation sites excluding steroid dienone is 1. The Morgan fingerprint density at radius 3 is 3.15 bits per heavy atom. The van der Waals surface area contributed by atoms with E-state index in [4.69, 9.17) is 9.47 Å². The van der Waals surface area contributed by atoms with Crippen LogP contribution >= 0.6 is 0 Å². The molecule has 0 saturated carbocycles. The van der Waals surface area contributed by atoms with Crippen LogP contribution in [0.5, 0.6) is 0 Å². The molecular formula is C10H14O3. The van der Waals surface area contributed by atoms with Crippen LogP contribution in [-0.2, 0) is 14.3 Å². The van der Waals surface area contributed by atoms with Gasteiger partial charge >= 0.3 is 5.97 Å². The summed E-state index contributed by atoms with van der Waals surface area (Å²) < 4.78 is 10.1. The van der Waals surface area contributed by atoms with E-state index in [1.54, 1.807) is 13.0 Å². The van der Waals surface area contributed by atoms with Crippen molar-refractivity contribution in [2.45, 2.75) is 25.9 Å². The highest BCUT2D eigenvalue weighted by Gasteiger charge is 2.18. The van der Waals surface area contributed by atoms with E-state index in [9.17, 15) is 4.79 Å². The molecule has 0 amide bonds. The normalized spacial score (nSPS) is 24.1. The second-order valence-electron chi connectivity index (χ2n) is 2.79. The molecule has 13 heavy (non-hydrogen) atoms. The van der Waals surface area contributed by atoms with Gasteiger partial charge in [0, 0.05) is 6.42 Å². The summed E-state index contributed by atoms with van der Waals surface area (Å²) in [5.41, 5.74) is 0. The van der Waals surface area contributed by atoms with Gasteiger partial charge in [-0.15, -0.1) is 0 Å². The largest absolute Gasteiger partial charge is 0.490 e. The van der Waals surface area contributed by atoms with Crippen molar-refractivity contribution in [2.75, 3.05) is 6.61 Å². The van der Waals surface area contributed by atoms with Crippen LogP contribution in [0, 0.1) is 0 Å². The Kier molecular flexibility index (Phi) is 3.55. The average Bonchev–Trinajstić information content (AvgIpc) is 2.52. The first-order chi connectivity index (χ1) is 6.26. The first kappa shape index (κ1) is 9.84. The maximum atomic E-state index is 11.0. The van der Waals surface area contributed by atoms with E-state index in [2.05, 4.69) is 6.58 Å². The lowest BCUT2D eigenvalue weighted by Crippen LogP contribution is -2.02. The van der Waals surface area contributed by atoms with Gasteiger partial charge in [-0.25, -0.2) is 4.79 Å². The zero-order valence-electron chi connectivity index (χ0n) is 7.79. The maximum absolute atomic E-state index is 11.0. The van der Waals surface area contributed by atoms with E-state index < -0.39 is 0 Å². The second-order valence-corrected chi connectivity index (χ2v) is 2.79. The molecule has 1 saturated heterocycles. The fourth-order valence-corrected chi connectivity index (χ4v) is 1.18. The van der Waals surface area contributed by atoms with E-state index in [1.807, 2.05) is 0 Å². The van der Waals surface area contributed by atoms with Crippen molar-refractivity contribution in [1.82, 2.24) is 0 Å². The fourth-order valence-electron chi connectivity index (χ4n) is 1.18. The third kappa shape index (κ3) is 2.93. The smallest absolute Gasteiger partial charge is 0.334 e. The van der Waals surface area contributed by atoms with Crippen LogP contribution in [-0.4, -0.2) is 18.7 Å². The minimum Gasteiger partial charge on any atom is -0.490 e. The highest BCUT2D eigenvalue weighted by atomic mass is 16.5. The van der Waals surface area contributed by atoms with Crippen molar-refractivity contribution in [3.8, 4) is 0 Å². The Bertz CT molecular complexity index is 230. The van der Waals surface area contributed by atoms with Crippen LogP contribution in [0.2, 0.25) is 0 Å². The van der Waals surface area contributed by atoms with Crippen LogP contribution in [0.25, 0.3) is 0 Å². The summed E-state index contributed by atoms with van der Waals surface area (Å²) in [5, 5.41) is 0. The van der Waals surface area contributed by atoms with Gasteiger partial charge in [0.2, 0.25) is 0 Å². The molecular weight excluding hydrogens is 168 g/mol. The molecule has 1 rings (SSSR count). The van der Waals surface area contributed by atoms with Gasteiger partial charge in [-0.3, -0.25) is 0 Å². The average molecular weight is 182 g/mol. The Morgan fingerprint density at radius 1 is 1.85 bits per heavy atom. The molecule has 1 aliphatic heterocycles. The second kappa shape index (κ2) is 4.70. The minimum atomic E-state index is -0.331. The van der Waals surface area contributed by atoms with Crippen molar-refractivity contribution in [2.24, 2.45) is 0 Å². The predicted molar refractivity (Wildman–Crippen MR) is 49.0 cm³/mol. The van der Waals surface area contributed by atoms with Crippen molar-refractivity contribution >= 4 is 5.97 Å². The lowest BCUT2D eigenvalue weighted by Gasteiger charge is -2.03. The van der Waals surface area contributed by atoms with Gasteiger partial charge in [0.1, 0.15) is 11.9 Å². The summed E-state index contributed by atoms with van der Waals surface area (Å²) in [7, 11) is 0. The van der Waals surface area contributed by atoms with E-state index in [-0.39, 0.29) is 12.1 Å². The molecule has 1 heterocycles. The Morgan fingerprint density at radius 2 is 2.62 bits per heavy atom. The quantitative estimate of drug-likeness (QED) is 0.379. The predicted octanol–water partition coefficient (Wildman–Crippen LogP) is 1.80. The summed E-state index contributed by atoms with van der Waals surface area (Å²) in [6.45, 7) is 5.80. The van der Waals surface area contributed by atoms with E-state index in [0.717, 1.165) is 12.8 Å². The molecule has 3 nitrogen and oxygen atoms in total. The molecule has 3 heteroatoms. The molecule has 0 bridgehead atoms. The molecule has 0 spiro atoms. The molecule has 0 aromatic heterocycles. The number of hydrogen-bond donors (Lipinski definition) is 0. The third-order valence-corrected chi connectivity index (χ3v) is 1.81. The molecule has 0 aliphatic carbocycles. The summed E-state index contributed by atoms with van der Waals surface area (Å²) in [5.74, 6) is 0.366. The van der Waals surface area contributed by atoms with E-state index in [0.29, 0.717) is 12.4 Å². The summed E-state index contributed by atoms with van der Waals surface area (Å²) >= 11 is 0. The molecule has 1 unspecified atom stereocenters. The number of ether oxygens (including phenoxy) is 2. The lowest BCUT2D eigenvalue weighted by molar-refractivity contribution is -0.137. The zero-order chi connectivity index (χ0) is 9.68. The zero-order valence-corrected chi connectivity index (χ0v) is 7.79. The molecule has 0 aromatic carbocycles.